The normalized spacial score (nSPS) is 14.4. The molecule has 0 aliphatic carbocycles. The number of hydrogen-bond donors (Lipinski definition) is 3. The first kappa shape index (κ1) is 34.2. The molecule has 0 bridgehead atoms. The number of hydrogen-bond acceptors (Lipinski definition) is 8. The van der Waals surface area contributed by atoms with Gasteiger partial charge < -0.3 is 29.6 Å². The summed E-state index contributed by atoms with van der Waals surface area (Å²) in [5.74, 6) is 0.564. The fourth-order valence-electron chi connectivity index (χ4n) is 4.41. The zero-order valence-electron chi connectivity index (χ0n) is 24.8. The molecule has 10 nitrogen and oxygen atoms in total. The molecule has 45 heavy (non-hydrogen) atoms. The summed E-state index contributed by atoms with van der Waals surface area (Å²) in [4.78, 5) is 25.4. The predicted octanol–water partition coefficient (Wildman–Crippen LogP) is 5.92. The summed E-state index contributed by atoms with van der Waals surface area (Å²) in [5, 5.41) is 10.5. The minimum absolute atomic E-state index is 0.223. The monoisotopic (exact) mass is 806 g/mol. The van der Waals surface area contributed by atoms with Crippen molar-refractivity contribution < 1.29 is 28.5 Å². The molecule has 3 N–H and O–H groups in total. The molecule has 0 fully saturated rings. The summed E-state index contributed by atoms with van der Waals surface area (Å²) in [6.45, 7) is 6.11. The van der Waals surface area contributed by atoms with Gasteiger partial charge in [-0.3, -0.25) is 4.79 Å². The van der Waals surface area contributed by atoms with E-state index in [0.717, 1.165) is 9.13 Å². The van der Waals surface area contributed by atoms with Crippen LogP contribution in [-0.2, 0) is 20.9 Å². The molecular weight excluding hydrogens is 775 g/mol. The van der Waals surface area contributed by atoms with Crippen molar-refractivity contribution >= 4 is 73.9 Å². The molecule has 0 saturated heterocycles. The number of para-hydroxylation sites is 1. The van der Waals surface area contributed by atoms with Crippen molar-refractivity contribution in [2.45, 2.75) is 33.4 Å². The van der Waals surface area contributed by atoms with Crippen LogP contribution in [0.3, 0.4) is 0 Å². The second kappa shape index (κ2) is 16.6. The van der Waals surface area contributed by atoms with E-state index >= 15 is 0 Å². The average molecular weight is 808 g/mol. The summed E-state index contributed by atoms with van der Waals surface area (Å²) >= 11 is 11.2. The Bertz CT molecular complexity index is 1620. The molecule has 1 atom stereocenters. The number of esters is 1. The number of carbonyl (C=O) groups excluding carboxylic acids is 2. The zero-order chi connectivity index (χ0) is 32.3. The van der Waals surface area contributed by atoms with Crippen molar-refractivity contribution in [3.63, 3.8) is 0 Å². The van der Waals surface area contributed by atoms with E-state index in [9.17, 15) is 9.59 Å². The Morgan fingerprint density at radius 3 is 2.53 bits per heavy atom. The maximum atomic E-state index is 12.8. The highest BCUT2D eigenvalue weighted by Crippen LogP contribution is 2.37. The molecular formula is C32H32BrIN4O6S. The molecule has 236 valence electrons. The Hall–Kier alpha value is -3.69. The van der Waals surface area contributed by atoms with Crippen molar-refractivity contribution in [3.05, 3.63) is 96.7 Å². The topological polar surface area (TPSA) is 120 Å². The van der Waals surface area contributed by atoms with Gasteiger partial charge in [0.1, 0.15) is 12.4 Å². The van der Waals surface area contributed by atoms with Gasteiger partial charge in [-0.1, -0.05) is 30.3 Å². The number of amides is 1. The summed E-state index contributed by atoms with van der Waals surface area (Å²) in [6, 6.07) is 18.2. The van der Waals surface area contributed by atoms with E-state index in [4.69, 9.17) is 31.2 Å². The molecule has 0 unspecified atom stereocenters. The van der Waals surface area contributed by atoms with Gasteiger partial charge in [-0.15, -0.1) is 0 Å². The number of allylic oxidation sites excluding steroid dienone is 1. The maximum Gasteiger partial charge on any atom is 0.338 e. The van der Waals surface area contributed by atoms with E-state index in [1.54, 1.807) is 38.1 Å². The third-order valence-corrected chi connectivity index (χ3v) is 7.91. The van der Waals surface area contributed by atoms with Crippen LogP contribution in [0.2, 0.25) is 0 Å². The van der Waals surface area contributed by atoms with Gasteiger partial charge in [0.25, 0.3) is 5.91 Å². The Balaban J connectivity index is 1.41. The smallest absolute Gasteiger partial charge is 0.338 e. The summed E-state index contributed by atoms with van der Waals surface area (Å²) in [5.41, 5.74) is 5.77. The number of thiocarbonyl (C=S) groups is 1. The Morgan fingerprint density at radius 1 is 1.04 bits per heavy atom. The highest BCUT2D eigenvalue weighted by Gasteiger charge is 2.32. The Kier molecular flexibility index (Phi) is 12.6. The summed E-state index contributed by atoms with van der Waals surface area (Å²) < 4.78 is 24.8. The molecule has 0 radical (unpaired) electrons. The van der Waals surface area contributed by atoms with Gasteiger partial charge in [-0.25, -0.2) is 10.2 Å². The fourth-order valence-corrected chi connectivity index (χ4v) is 5.62. The highest BCUT2D eigenvalue weighted by molar-refractivity contribution is 14.1. The number of ether oxygens (including phenoxy) is 4. The van der Waals surface area contributed by atoms with Gasteiger partial charge >= 0.3 is 5.97 Å². The molecule has 0 spiro atoms. The van der Waals surface area contributed by atoms with Crippen molar-refractivity contribution in [1.29, 1.82) is 0 Å². The first-order chi connectivity index (χ1) is 21.7. The van der Waals surface area contributed by atoms with Gasteiger partial charge in [0.15, 0.2) is 23.2 Å². The van der Waals surface area contributed by atoms with E-state index < -0.39 is 17.9 Å². The Labute approximate surface area is 289 Å². The second-order valence-corrected chi connectivity index (χ2v) is 12.1. The number of benzene rings is 3. The lowest BCUT2D eigenvalue weighted by Crippen LogP contribution is -2.45. The van der Waals surface area contributed by atoms with Crippen LogP contribution in [0.4, 0.5) is 0 Å². The summed E-state index contributed by atoms with van der Waals surface area (Å²) in [7, 11) is 0. The maximum absolute atomic E-state index is 12.8. The molecule has 3 aromatic rings. The quantitative estimate of drug-likeness (QED) is 0.0637. The molecule has 4 rings (SSSR count). The van der Waals surface area contributed by atoms with Gasteiger partial charge in [-0.2, -0.15) is 5.10 Å². The van der Waals surface area contributed by atoms with Crippen LogP contribution in [0.1, 0.15) is 43.5 Å². The highest BCUT2D eigenvalue weighted by atomic mass is 127. The molecule has 1 aliphatic rings. The first-order valence-corrected chi connectivity index (χ1v) is 16.3. The average Bonchev–Trinajstić information content (AvgIpc) is 3.00. The van der Waals surface area contributed by atoms with E-state index in [2.05, 4.69) is 59.7 Å². The van der Waals surface area contributed by atoms with Crippen molar-refractivity contribution in [1.82, 2.24) is 16.1 Å². The number of hydrazone groups is 1. The van der Waals surface area contributed by atoms with Gasteiger partial charge in [0, 0.05) is 14.8 Å². The van der Waals surface area contributed by atoms with Crippen LogP contribution >= 0.6 is 50.7 Å². The zero-order valence-corrected chi connectivity index (χ0v) is 29.4. The van der Waals surface area contributed by atoms with Crippen LogP contribution in [0.5, 0.6) is 17.2 Å². The minimum Gasteiger partial charge on any atom is -0.490 e. The van der Waals surface area contributed by atoms with Gasteiger partial charge in [0.05, 0.1) is 35.5 Å². The lowest BCUT2D eigenvalue weighted by molar-refractivity contribution is -0.139. The molecule has 1 heterocycles. The molecule has 3 aromatic carbocycles. The van der Waals surface area contributed by atoms with Crippen LogP contribution in [0.15, 0.2) is 81.5 Å². The molecule has 0 saturated carbocycles. The number of halogens is 2. The van der Waals surface area contributed by atoms with E-state index in [-0.39, 0.29) is 13.2 Å². The molecule has 13 heteroatoms. The van der Waals surface area contributed by atoms with Crippen LogP contribution in [0.25, 0.3) is 0 Å². The summed E-state index contributed by atoms with van der Waals surface area (Å²) in [6.07, 6.45) is 1.50. The van der Waals surface area contributed by atoms with Crippen molar-refractivity contribution in [3.8, 4) is 17.2 Å². The molecule has 1 amide bonds. The SMILES string of the molecule is CCOC(=O)C1=C(C)NC(=S)N[C@H]1c1ccccc1OCC(=O)NN=Cc1cc(Br)c(OCc2ccc(I)cc2)c(OCC)c1. The van der Waals surface area contributed by atoms with E-state index in [1.807, 2.05) is 43.3 Å². The molecule has 0 aromatic heterocycles. The van der Waals surface area contributed by atoms with Crippen LogP contribution in [-0.4, -0.2) is 43.0 Å². The number of carbonyl (C=O) groups is 2. The lowest BCUT2D eigenvalue weighted by Gasteiger charge is -2.30. The predicted molar refractivity (Wildman–Crippen MR) is 187 cm³/mol. The molecule has 1 aliphatic heterocycles. The number of rotatable bonds is 13. The van der Waals surface area contributed by atoms with Gasteiger partial charge in [0.2, 0.25) is 0 Å². The fraction of sp³-hybridized carbons (Fsp3) is 0.250. The minimum atomic E-state index is -0.628. The van der Waals surface area contributed by atoms with Crippen LogP contribution in [0, 0.1) is 3.57 Å². The number of nitrogens with one attached hydrogen (secondary N) is 3. The Morgan fingerprint density at radius 2 is 1.80 bits per heavy atom. The third-order valence-electron chi connectivity index (χ3n) is 6.38. The van der Waals surface area contributed by atoms with E-state index in [0.29, 0.717) is 62.4 Å². The lowest BCUT2D eigenvalue weighted by atomic mass is 9.95. The number of nitrogens with zero attached hydrogens (tertiary/aromatic N) is 1. The second-order valence-electron chi connectivity index (χ2n) is 9.59. The third kappa shape index (κ3) is 9.41. The standard InChI is InChI=1S/C32H32BrIN4O6S/c1-4-41-26-15-21(14-24(33)30(26)44-17-20-10-12-22(34)13-11-20)16-35-38-27(39)18-43-25-9-7-6-8-23(25)29-28(31(40)42-5-2)19(3)36-32(45)37-29/h6-16,29H,4-5,17-18H2,1-3H3,(H,38,39)(H2,36,37,45)/t29-/m0/s1. The van der Waals surface area contributed by atoms with E-state index in [1.165, 1.54) is 6.21 Å². The van der Waals surface area contributed by atoms with Crippen molar-refractivity contribution in [2.24, 2.45) is 5.10 Å². The van der Waals surface area contributed by atoms with Crippen LogP contribution < -0.4 is 30.3 Å². The largest absolute Gasteiger partial charge is 0.490 e. The first-order valence-electron chi connectivity index (χ1n) is 14.0. The van der Waals surface area contributed by atoms with Gasteiger partial charge in [-0.05, 0) is 113 Å². The van der Waals surface area contributed by atoms with Crippen molar-refractivity contribution in [2.75, 3.05) is 19.8 Å².